The first-order valence-electron chi connectivity index (χ1n) is 8.00. The summed E-state index contributed by atoms with van der Waals surface area (Å²) < 4.78 is 4.54. The van der Waals surface area contributed by atoms with Gasteiger partial charge in [0.1, 0.15) is 0 Å². The number of hydrogen-bond donors (Lipinski definition) is 1. The molecule has 0 saturated carbocycles. The topological polar surface area (TPSA) is 79.0 Å². The van der Waals surface area contributed by atoms with Crippen LogP contribution in [0.25, 0.3) is 0 Å². The molecule has 0 aromatic heterocycles. The van der Waals surface area contributed by atoms with Gasteiger partial charge in [0, 0.05) is 38.3 Å². The molecule has 24 heavy (non-hydrogen) atoms. The van der Waals surface area contributed by atoms with Crippen molar-refractivity contribution in [2.45, 2.75) is 12.8 Å². The largest absolute Gasteiger partial charge is 0.469 e. The van der Waals surface area contributed by atoms with Gasteiger partial charge in [-0.25, -0.2) is 0 Å². The maximum Gasteiger partial charge on any atom is 0.306 e. The number of rotatable bonds is 6. The van der Waals surface area contributed by atoms with Crippen LogP contribution < -0.4 is 5.32 Å². The fourth-order valence-corrected chi connectivity index (χ4v) is 2.55. The van der Waals surface area contributed by atoms with Crippen LogP contribution in [-0.2, 0) is 19.1 Å². The minimum Gasteiger partial charge on any atom is -0.469 e. The SMILES string of the molecule is COC(=O)CCC(=O)N1CCN(CC(=O)Nc2ccccc2)CC1. The second kappa shape index (κ2) is 9.02. The molecular formula is C17H23N3O4. The molecule has 0 bridgehead atoms. The molecular weight excluding hydrogens is 310 g/mol. The van der Waals surface area contributed by atoms with E-state index in [4.69, 9.17) is 0 Å². The second-order valence-corrected chi connectivity index (χ2v) is 5.65. The molecule has 1 aromatic carbocycles. The molecule has 1 fully saturated rings. The normalized spacial score (nSPS) is 15.0. The average Bonchev–Trinajstić information content (AvgIpc) is 2.60. The van der Waals surface area contributed by atoms with E-state index in [2.05, 4.69) is 10.1 Å². The Morgan fingerprint density at radius 2 is 1.71 bits per heavy atom. The lowest BCUT2D eigenvalue weighted by Crippen LogP contribution is -2.50. The molecule has 1 saturated heterocycles. The van der Waals surface area contributed by atoms with E-state index in [1.165, 1.54) is 7.11 Å². The van der Waals surface area contributed by atoms with E-state index in [-0.39, 0.29) is 30.6 Å². The summed E-state index contributed by atoms with van der Waals surface area (Å²) in [5.41, 5.74) is 0.777. The van der Waals surface area contributed by atoms with Crippen molar-refractivity contribution >= 4 is 23.5 Å². The molecule has 7 nitrogen and oxygen atoms in total. The number of piperazine rings is 1. The van der Waals surface area contributed by atoms with Gasteiger partial charge in [0.2, 0.25) is 11.8 Å². The summed E-state index contributed by atoms with van der Waals surface area (Å²) in [6.45, 7) is 2.73. The van der Waals surface area contributed by atoms with E-state index in [1.54, 1.807) is 4.90 Å². The van der Waals surface area contributed by atoms with Gasteiger partial charge in [0.25, 0.3) is 0 Å². The van der Waals surface area contributed by atoms with Crippen molar-refractivity contribution in [2.75, 3.05) is 45.2 Å². The van der Waals surface area contributed by atoms with Gasteiger partial charge in [0.15, 0.2) is 0 Å². The van der Waals surface area contributed by atoms with E-state index in [0.29, 0.717) is 32.7 Å². The van der Waals surface area contributed by atoms with Crippen LogP contribution in [-0.4, -0.2) is 67.4 Å². The highest BCUT2D eigenvalue weighted by atomic mass is 16.5. The van der Waals surface area contributed by atoms with Crippen molar-refractivity contribution in [3.63, 3.8) is 0 Å². The minimum atomic E-state index is -0.375. The van der Waals surface area contributed by atoms with Gasteiger partial charge in [-0.15, -0.1) is 0 Å². The Labute approximate surface area is 141 Å². The lowest BCUT2D eigenvalue weighted by Gasteiger charge is -2.34. The van der Waals surface area contributed by atoms with Crippen molar-refractivity contribution < 1.29 is 19.1 Å². The summed E-state index contributed by atoms with van der Waals surface area (Å²) in [4.78, 5) is 38.9. The quantitative estimate of drug-likeness (QED) is 0.776. The molecule has 2 rings (SSSR count). The van der Waals surface area contributed by atoms with Gasteiger partial charge in [-0.1, -0.05) is 18.2 Å². The summed E-state index contributed by atoms with van der Waals surface area (Å²) in [5.74, 6) is -0.486. The van der Waals surface area contributed by atoms with Gasteiger partial charge in [-0.2, -0.15) is 0 Å². The van der Waals surface area contributed by atoms with Gasteiger partial charge in [0.05, 0.1) is 20.1 Å². The van der Waals surface area contributed by atoms with Crippen LogP contribution in [0, 0.1) is 0 Å². The predicted molar refractivity (Wildman–Crippen MR) is 89.3 cm³/mol. The highest BCUT2D eigenvalue weighted by Crippen LogP contribution is 2.08. The molecule has 2 amide bonds. The number of carbonyl (C=O) groups is 3. The van der Waals surface area contributed by atoms with Crippen LogP contribution in [0.2, 0.25) is 0 Å². The monoisotopic (exact) mass is 333 g/mol. The van der Waals surface area contributed by atoms with Crippen molar-refractivity contribution in [1.82, 2.24) is 9.80 Å². The smallest absolute Gasteiger partial charge is 0.306 e. The molecule has 1 aromatic rings. The number of benzene rings is 1. The molecule has 0 aliphatic carbocycles. The van der Waals surface area contributed by atoms with Gasteiger partial charge in [-0.05, 0) is 12.1 Å². The summed E-state index contributed by atoms with van der Waals surface area (Å²) in [7, 11) is 1.31. The molecule has 7 heteroatoms. The van der Waals surface area contributed by atoms with Gasteiger partial charge >= 0.3 is 5.97 Å². The number of esters is 1. The number of amides is 2. The Morgan fingerprint density at radius 3 is 2.33 bits per heavy atom. The summed E-state index contributed by atoms with van der Waals surface area (Å²) >= 11 is 0. The molecule has 1 aliphatic rings. The molecule has 0 radical (unpaired) electrons. The number of para-hydroxylation sites is 1. The van der Waals surface area contributed by atoms with Crippen molar-refractivity contribution in [3.05, 3.63) is 30.3 Å². The van der Waals surface area contributed by atoms with Crippen molar-refractivity contribution in [1.29, 1.82) is 0 Å². The third-order valence-corrected chi connectivity index (χ3v) is 3.92. The Hall–Kier alpha value is -2.41. The standard InChI is InChI=1S/C17H23N3O4/c1-24-17(23)8-7-16(22)20-11-9-19(10-12-20)13-15(21)18-14-5-3-2-4-6-14/h2-6H,7-13H2,1H3,(H,18,21). The molecule has 130 valence electrons. The maximum atomic E-state index is 12.0. The maximum absolute atomic E-state index is 12.0. The summed E-state index contributed by atoms with van der Waals surface area (Å²) in [5, 5.41) is 2.85. The Balaban J connectivity index is 1.69. The minimum absolute atomic E-state index is 0.0474. The first-order chi connectivity index (χ1) is 11.6. The lowest BCUT2D eigenvalue weighted by atomic mass is 10.2. The Bertz CT molecular complexity index is 568. The van der Waals surface area contributed by atoms with E-state index in [1.807, 2.05) is 35.2 Å². The van der Waals surface area contributed by atoms with Crippen LogP contribution in [0.3, 0.4) is 0 Å². The van der Waals surface area contributed by atoms with Gasteiger partial charge in [-0.3, -0.25) is 19.3 Å². The number of anilines is 1. The number of methoxy groups -OCH3 is 1. The predicted octanol–water partition coefficient (Wildman–Crippen LogP) is 0.722. The lowest BCUT2D eigenvalue weighted by molar-refractivity contribution is -0.144. The molecule has 1 aliphatic heterocycles. The zero-order chi connectivity index (χ0) is 17.4. The Morgan fingerprint density at radius 1 is 1.04 bits per heavy atom. The molecule has 0 spiro atoms. The van der Waals surface area contributed by atoms with Crippen LogP contribution in [0.15, 0.2) is 30.3 Å². The summed E-state index contributed by atoms with van der Waals surface area (Å²) in [6.07, 6.45) is 0.274. The van der Waals surface area contributed by atoms with Crippen molar-refractivity contribution in [2.24, 2.45) is 0 Å². The highest BCUT2D eigenvalue weighted by Gasteiger charge is 2.22. The van der Waals surface area contributed by atoms with Crippen LogP contribution in [0.1, 0.15) is 12.8 Å². The Kier molecular flexibility index (Phi) is 6.74. The van der Waals surface area contributed by atoms with Crippen LogP contribution in [0.4, 0.5) is 5.69 Å². The van der Waals surface area contributed by atoms with E-state index >= 15 is 0 Å². The van der Waals surface area contributed by atoms with Gasteiger partial charge < -0.3 is 15.0 Å². The van der Waals surface area contributed by atoms with E-state index < -0.39 is 0 Å². The van der Waals surface area contributed by atoms with Crippen LogP contribution in [0.5, 0.6) is 0 Å². The third kappa shape index (κ3) is 5.66. The fourth-order valence-electron chi connectivity index (χ4n) is 2.55. The fraction of sp³-hybridized carbons (Fsp3) is 0.471. The zero-order valence-corrected chi connectivity index (χ0v) is 13.9. The highest BCUT2D eigenvalue weighted by molar-refractivity contribution is 5.92. The second-order valence-electron chi connectivity index (χ2n) is 5.65. The van der Waals surface area contributed by atoms with E-state index in [0.717, 1.165) is 5.69 Å². The van der Waals surface area contributed by atoms with Crippen molar-refractivity contribution in [3.8, 4) is 0 Å². The summed E-state index contributed by atoms with van der Waals surface area (Å²) in [6, 6.07) is 9.32. The molecule has 0 atom stereocenters. The first-order valence-corrected chi connectivity index (χ1v) is 8.00. The van der Waals surface area contributed by atoms with Crippen LogP contribution >= 0.6 is 0 Å². The number of nitrogens with zero attached hydrogens (tertiary/aromatic N) is 2. The number of nitrogens with one attached hydrogen (secondary N) is 1. The molecule has 0 unspecified atom stereocenters. The third-order valence-electron chi connectivity index (χ3n) is 3.92. The number of carbonyl (C=O) groups excluding carboxylic acids is 3. The number of ether oxygens (including phenoxy) is 1. The average molecular weight is 333 g/mol. The van der Waals surface area contributed by atoms with E-state index in [9.17, 15) is 14.4 Å². The first kappa shape index (κ1) is 17.9. The zero-order valence-electron chi connectivity index (χ0n) is 13.9. The number of hydrogen-bond acceptors (Lipinski definition) is 5. The molecule has 1 N–H and O–H groups in total. The molecule has 1 heterocycles.